The molecule has 18 heavy (non-hydrogen) atoms. The van der Waals surface area contributed by atoms with Gasteiger partial charge in [-0.3, -0.25) is 0 Å². The van der Waals surface area contributed by atoms with E-state index in [0.717, 1.165) is 19.1 Å². The summed E-state index contributed by atoms with van der Waals surface area (Å²) in [7, 11) is 2.06. The topological polar surface area (TPSA) is 21.3 Å². The zero-order chi connectivity index (χ0) is 12.6. The molecule has 1 aliphatic heterocycles. The summed E-state index contributed by atoms with van der Waals surface area (Å²) in [5.74, 6) is 0.895. The molecule has 2 heteroatoms. The first-order valence-corrected chi connectivity index (χ1v) is 7.20. The van der Waals surface area contributed by atoms with Crippen LogP contribution in [0, 0.1) is 5.92 Å². The predicted molar refractivity (Wildman–Crippen MR) is 75.6 cm³/mol. The molecule has 0 amide bonds. The maximum absolute atomic E-state index is 5.41. The van der Waals surface area contributed by atoms with Crippen LogP contribution in [0.4, 0.5) is 0 Å². The summed E-state index contributed by atoms with van der Waals surface area (Å²) in [6.45, 7) is 1.94. The second-order valence-electron chi connectivity index (χ2n) is 5.24. The quantitative estimate of drug-likeness (QED) is 0.830. The minimum atomic E-state index is 0.506. The first-order valence-electron chi connectivity index (χ1n) is 7.20. The van der Waals surface area contributed by atoms with Crippen molar-refractivity contribution >= 4 is 0 Å². The van der Waals surface area contributed by atoms with E-state index in [-0.39, 0.29) is 0 Å². The lowest BCUT2D eigenvalue weighted by atomic mass is 9.92. The van der Waals surface area contributed by atoms with Gasteiger partial charge in [0, 0.05) is 19.3 Å². The summed E-state index contributed by atoms with van der Waals surface area (Å²) in [6, 6.07) is 11.3. The van der Waals surface area contributed by atoms with E-state index in [9.17, 15) is 0 Å². The molecule has 2 nitrogen and oxygen atoms in total. The predicted octanol–water partition coefficient (Wildman–Crippen LogP) is 3.54. The van der Waals surface area contributed by atoms with Crippen molar-refractivity contribution in [2.75, 3.05) is 20.3 Å². The van der Waals surface area contributed by atoms with Crippen LogP contribution in [0.1, 0.15) is 43.7 Å². The molecular weight excluding hydrogens is 222 g/mol. The van der Waals surface area contributed by atoms with Crippen LogP contribution in [0.25, 0.3) is 0 Å². The number of hydrogen-bond donors (Lipinski definition) is 1. The fourth-order valence-corrected chi connectivity index (χ4v) is 2.81. The molecule has 0 bridgehead atoms. The van der Waals surface area contributed by atoms with Gasteiger partial charge in [-0.2, -0.15) is 0 Å². The largest absolute Gasteiger partial charge is 0.381 e. The summed E-state index contributed by atoms with van der Waals surface area (Å²) in [4.78, 5) is 0. The maximum atomic E-state index is 5.41. The maximum Gasteiger partial charge on any atom is 0.0468 e. The summed E-state index contributed by atoms with van der Waals surface area (Å²) in [5, 5.41) is 3.43. The third-order valence-corrected chi connectivity index (χ3v) is 4.00. The number of benzene rings is 1. The minimum Gasteiger partial charge on any atom is -0.381 e. The third-order valence-electron chi connectivity index (χ3n) is 4.00. The lowest BCUT2D eigenvalue weighted by molar-refractivity contribution is 0.0629. The lowest BCUT2D eigenvalue weighted by Crippen LogP contribution is -2.18. The van der Waals surface area contributed by atoms with Crippen molar-refractivity contribution in [1.82, 2.24) is 5.32 Å². The minimum absolute atomic E-state index is 0.506. The van der Waals surface area contributed by atoms with Gasteiger partial charge in [0.1, 0.15) is 0 Å². The molecule has 0 aromatic heterocycles. The van der Waals surface area contributed by atoms with E-state index in [1.807, 2.05) is 0 Å². The number of hydrogen-bond acceptors (Lipinski definition) is 2. The van der Waals surface area contributed by atoms with Crippen molar-refractivity contribution in [2.45, 2.75) is 38.1 Å². The Morgan fingerprint density at radius 3 is 2.61 bits per heavy atom. The Morgan fingerprint density at radius 2 is 1.94 bits per heavy atom. The molecule has 1 aliphatic rings. The van der Waals surface area contributed by atoms with Crippen LogP contribution in [0.5, 0.6) is 0 Å². The van der Waals surface area contributed by atoms with Crippen molar-refractivity contribution in [1.29, 1.82) is 0 Å². The first kappa shape index (κ1) is 13.6. The number of nitrogens with one attached hydrogen (secondary N) is 1. The summed E-state index contributed by atoms with van der Waals surface area (Å²) in [6.07, 6.45) is 6.42. The second kappa shape index (κ2) is 7.55. The van der Waals surface area contributed by atoms with Crippen LogP contribution >= 0.6 is 0 Å². The van der Waals surface area contributed by atoms with E-state index in [1.165, 1.54) is 37.7 Å². The van der Waals surface area contributed by atoms with Crippen molar-refractivity contribution < 1.29 is 4.74 Å². The molecule has 1 N–H and O–H groups in total. The van der Waals surface area contributed by atoms with Crippen LogP contribution in [0.2, 0.25) is 0 Å². The number of ether oxygens (including phenoxy) is 1. The molecule has 1 unspecified atom stereocenters. The highest BCUT2D eigenvalue weighted by Crippen LogP contribution is 2.24. The lowest BCUT2D eigenvalue weighted by Gasteiger charge is -2.23. The van der Waals surface area contributed by atoms with E-state index in [4.69, 9.17) is 4.74 Å². The van der Waals surface area contributed by atoms with E-state index >= 15 is 0 Å². The Morgan fingerprint density at radius 1 is 1.22 bits per heavy atom. The highest BCUT2D eigenvalue weighted by molar-refractivity contribution is 5.18. The van der Waals surface area contributed by atoms with Crippen molar-refractivity contribution in [3.63, 3.8) is 0 Å². The van der Waals surface area contributed by atoms with Gasteiger partial charge >= 0.3 is 0 Å². The van der Waals surface area contributed by atoms with Gasteiger partial charge in [0.05, 0.1) is 0 Å². The molecule has 0 radical (unpaired) electrons. The molecule has 0 aliphatic carbocycles. The van der Waals surface area contributed by atoms with E-state index in [2.05, 4.69) is 42.7 Å². The summed E-state index contributed by atoms with van der Waals surface area (Å²) >= 11 is 0. The fourth-order valence-electron chi connectivity index (χ4n) is 2.81. The fraction of sp³-hybridized carbons (Fsp3) is 0.625. The van der Waals surface area contributed by atoms with Crippen LogP contribution in [0.3, 0.4) is 0 Å². The molecular formula is C16H25NO. The average molecular weight is 247 g/mol. The SMILES string of the molecule is CNC(CCCC1CCOCC1)c1ccccc1. The average Bonchev–Trinajstić information content (AvgIpc) is 2.46. The van der Waals surface area contributed by atoms with Crippen LogP contribution in [0.15, 0.2) is 30.3 Å². The molecule has 1 atom stereocenters. The van der Waals surface area contributed by atoms with Crippen LogP contribution < -0.4 is 5.32 Å². The second-order valence-corrected chi connectivity index (χ2v) is 5.24. The normalized spacial score (nSPS) is 18.7. The van der Waals surface area contributed by atoms with Gasteiger partial charge < -0.3 is 10.1 Å². The van der Waals surface area contributed by atoms with Gasteiger partial charge in [-0.05, 0) is 37.8 Å². The molecule has 0 saturated carbocycles. The monoisotopic (exact) mass is 247 g/mol. The Hall–Kier alpha value is -0.860. The highest BCUT2D eigenvalue weighted by Gasteiger charge is 2.14. The Balaban J connectivity index is 1.73. The Labute approximate surface area is 111 Å². The van der Waals surface area contributed by atoms with E-state index < -0.39 is 0 Å². The third kappa shape index (κ3) is 4.11. The molecule has 0 spiro atoms. The zero-order valence-electron chi connectivity index (χ0n) is 11.4. The van der Waals surface area contributed by atoms with Crippen molar-refractivity contribution in [2.24, 2.45) is 5.92 Å². The standard InChI is InChI=1S/C16H25NO/c1-17-16(15-7-3-2-4-8-15)9-5-6-14-10-12-18-13-11-14/h2-4,7-8,14,16-17H,5-6,9-13H2,1H3. The van der Waals surface area contributed by atoms with Crippen LogP contribution in [-0.4, -0.2) is 20.3 Å². The Kier molecular flexibility index (Phi) is 5.69. The van der Waals surface area contributed by atoms with Gasteiger partial charge in [-0.15, -0.1) is 0 Å². The van der Waals surface area contributed by atoms with Crippen molar-refractivity contribution in [3.05, 3.63) is 35.9 Å². The molecule has 2 rings (SSSR count). The summed E-state index contributed by atoms with van der Waals surface area (Å²) in [5.41, 5.74) is 1.41. The van der Waals surface area contributed by atoms with Gasteiger partial charge in [0.25, 0.3) is 0 Å². The Bertz CT molecular complexity index is 319. The van der Waals surface area contributed by atoms with Crippen molar-refractivity contribution in [3.8, 4) is 0 Å². The summed E-state index contributed by atoms with van der Waals surface area (Å²) < 4.78 is 5.41. The molecule has 100 valence electrons. The molecule has 1 fully saturated rings. The molecule has 1 heterocycles. The molecule has 1 aromatic carbocycles. The van der Waals surface area contributed by atoms with E-state index in [1.54, 1.807) is 0 Å². The smallest absolute Gasteiger partial charge is 0.0468 e. The molecule has 1 saturated heterocycles. The van der Waals surface area contributed by atoms with E-state index in [0.29, 0.717) is 6.04 Å². The van der Waals surface area contributed by atoms with Crippen LogP contribution in [-0.2, 0) is 4.74 Å². The van der Waals surface area contributed by atoms with Gasteiger partial charge in [-0.1, -0.05) is 43.2 Å². The molecule has 1 aromatic rings. The van der Waals surface area contributed by atoms with Gasteiger partial charge in [0.2, 0.25) is 0 Å². The van der Waals surface area contributed by atoms with Gasteiger partial charge in [0.15, 0.2) is 0 Å². The first-order chi connectivity index (χ1) is 8.90. The van der Waals surface area contributed by atoms with Gasteiger partial charge in [-0.25, -0.2) is 0 Å². The highest BCUT2D eigenvalue weighted by atomic mass is 16.5. The number of rotatable bonds is 6. The zero-order valence-corrected chi connectivity index (χ0v) is 11.4.